The molecule has 1 N–H and O–H groups in total. The summed E-state index contributed by atoms with van der Waals surface area (Å²) in [5.74, 6) is -0.144. The maximum absolute atomic E-state index is 12.1. The van der Waals surface area contributed by atoms with Crippen molar-refractivity contribution in [1.29, 1.82) is 0 Å². The Hall–Kier alpha value is -2.33. The Kier molecular flexibility index (Phi) is 7.02. The highest BCUT2D eigenvalue weighted by Gasteiger charge is 2.12. The summed E-state index contributed by atoms with van der Waals surface area (Å²) in [6.45, 7) is 4.83. The minimum Gasteiger partial charge on any atom is -0.352 e. The molecule has 0 spiro atoms. The van der Waals surface area contributed by atoms with Gasteiger partial charge >= 0.3 is 0 Å². The van der Waals surface area contributed by atoms with Crippen LogP contribution in [0.3, 0.4) is 0 Å². The van der Waals surface area contributed by atoms with Gasteiger partial charge in [0.1, 0.15) is 0 Å². The SMILES string of the molecule is CC(=O)N(CCC(=O)NCc1ccccc1Cl)Cc1ccc(C)cc1. The molecule has 2 aromatic rings. The van der Waals surface area contributed by atoms with Gasteiger partial charge < -0.3 is 10.2 Å². The molecule has 0 aliphatic heterocycles. The van der Waals surface area contributed by atoms with Gasteiger partial charge in [-0.3, -0.25) is 9.59 Å². The Morgan fingerprint density at radius 3 is 2.40 bits per heavy atom. The van der Waals surface area contributed by atoms with Gasteiger partial charge in [0.25, 0.3) is 0 Å². The van der Waals surface area contributed by atoms with Crippen LogP contribution in [0.4, 0.5) is 0 Å². The second-order valence-electron chi connectivity index (χ2n) is 6.04. The van der Waals surface area contributed by atoms with Crippen molar-refractivity contribution < 1.29 is 9.59 Å². The Morgan fingerprint density at radius 1 is 1.08 bits per heavy atom. The first-order chi connectivity index (χ1) is 12.0. The minimum atomic E-state index is -0.102. The van der Waals surface area contributed by atoms with Gasteiger partial charge in [0.05, 0.1) is 0 Å². The van der Waals surface area contributed by atoms with E-state index in [1.54, 1.807) is 11.0 Å². The van der Waals surface area contributed by atoms with Crippen molar-refractivity contribution in [3.8, 4) is 0 Å². The number of halogens is 1. The van der Waals surface area contributed by atoms with E-state index in [-0.39, 0.29) is 18.2 Å². The summed E-state index contributed by atoms with van der Waals surface area (Å²) >= 11 is 6.07. The van der Waals surface area contributed by atoms with Crippen molar-refractivity contribution in [2.24, 2.45) is 0 Å². The molecule has 0 aromatic heterocycles. The molecule has 0 atom stereocenters. The Bertz CT molecular complexity index is 729. The first kappa shape index (κ1) is 19.0. The molecule has 5 heteroatoms. The molecule has 2 rings (SSSR count). The lowest BCUT2D eigenvalue weighted by molar-refractivity contribution is -0.130. The van der Waals surface area contributed by atoms with E-state index < -0.39 is 0 Å². The van der Waals surface area contributed by atoms with Crippen LogP contribution in [-0.2, 0) is 22.7 Å². The predicted molar refractivity (Wildman–Crippen MR) is 100 cm³/mol. The highest BCUT2D eigenvalue weighted by atomic mass is 35.5. The van der Waals surface area contributed by atoms with E-state index in [1.807, 2.05) is 49.4 Å². The van der Waals surface area contributed by atoms with E-state index >= 15 is 0 Å². The van der Waals surface area contributed by atoms with E-state index in [2.05, 4.69) is 5.32 Å². The highest BCUT2D eigenvalue weighted by Crippen LogP contribution is 2.14. The molecule has 0 radical (unpaired) electrons. The molecule has 0 saturated carbocycles. The van der Waals surface area contributed by atoms with Crippen molar-refractivity contribution in [2.45, 2.75) is 33.4 Å². The maximum Gasteiger partial charge on any atom is 0.222 e. The van der Waals surface area contributed by atoms with Crippen LogP contribution in [0.2, 0.25) is 5.02 Å². The average molecular weight is 359 g/mol. The van der Waals surface area contributed by atoms with E-state index in [0.717, 1.165) is 11.1 Å². The summed E-state index contributed by atoms with van der Waals surface area (Å²) in [4.78, 5) is 25.6. The number of hydrogen-bond donors (Lipinski definition) is 1. The maximum atomic E-state index is 12.1. The lowest BCUT2D eigenvalue weighted by Crippen LogP contribution is -2.33. The number of rotatable bonds is 7. The smallest absolute Gasteiger partial charge is 0.222 e. The van der Waals surface area contributed by atoms with Crippen molar-refractivity contribution >= 4 is 23.4 Å². The topological polar surface area (TPSA) is 49.4 Å². The zero-order valence-corrected chi connectivity index (χ0v) is 15.3. The van der Waals surface area contributed by atoms with E-state index in [0.29, 0.717) is 24.7 Å². The molecule has 0 heterocycles. The first-order valence-electron chi connectivity index (χ1n) is 8.27. The summed E-state index contributed by atoms with van der Waals surface area (Å²) in [5, 5.41) is 3.48. The monoisotopic (exact) mass is 358 g/mol. The molecule has 0 unspecified atom stereocenters. The summed E-state index contributed by atoms with van der Waals surface area (Å²) in [6.07, 6.45) is 0.260. The van der Waals surface area contributed by atoms with Gasteiger partial charge in [0.2, 0.25) is 11.8 Å². The van der Waals surface area contributed by atoms with Gasteiger partial charge in [0.15, 0.2) is 0 Å². The zero-order chi connectivity index (χ0) is 18.2. The molecule has 0 aliphatic rings. The molecule has 0 aliphatic carbocycles. The third kappa shape index (κ3) is 6.24. The average Bonchev–Trinajstić information content (AvgIpc) is 2.59. The fraction of sp³-hybridized carbons (Fsp3) is 0.300. The number of carbonyl (C=O) groups excluding carboxylic acids is 2. The number of benzene rings is 2. The van der Waals surface area contributed by atoms with Crippen molar-refractivity contribution in [2.75, 3.05) is 6.54 Å². The Labute approximate surface area is 153 Å². The predicted octanol–water partition coefficient (Wildman–Crippen LogP) is 3.70. The van der Waals surface area contributed by atoms with E-state index in [1.165, 1.54) is 12.5 Å². The van der Waals surface area contributed by atoms with Gasteiger partial charge in [-0.25, -0.2) is 0 Å². The van der Waals surface area contributed by atoms with Gasteiger partial charge in [0, 0.05) is 38.0 Å². The minimum absolute atomic E-state index is 0.0421. The van der Waals surface area contributed by atoms with Crippen molar-refractivity contribution in [1.82, 2.24) is 10.2 Å². The lowest BCUT2D eigenvalue weighted by Gasteiger charge is -2.21. The molecule has 4 nitrogen and oxygen atoms in total. The van der Waals surface area contributed by atoms with Gasteiger partial charge in [-0.1, -0.05) is 59.6 Å². The van der Waals surface area contributed by atoms with Crippen LogP contribution in [0, 0.1) is 6.92 Å². The second kappa shape index (κ2) is 9.23. The number of aryl methyl sites for hydroxylation is 1. The summed E-state index contributed by atoms with van der Waals surface area (Å²) in [6, 6.07) is 15.4. The third-order valence-electron chi connectivity index (χ3n) is 3.98. The van der Waals surface area contributed by atoms with Gasteiger partial charge in [-0.05, 0) is 24.1 Å². The van der Waals surface area contributed by atoms with Crippen LogP contribution in [-0.4, -0.2) is 23.3 Å². The van der Waals surface area contributed by atoms with Crippen molar-refractivity contribution in [3.05, 3.63) is 70.2 Å². The molecular formula is C20H23ClN2O2. The molecule has 0 bridgehead atoms. The molecule has 0 fully saturated rings. The molecule has 2 amide bonds. The molecule has 132 valence electrons. The lowest BCUT2D eigenvalue weighted by atomic mass is 10.1. The zero-order valence-electron chi connectivity index (χ0n) is 14.6. The van der Waals surface area contributed by atoms with Crippen LogP contribution in [0.1, 0.15) is 30.0 Å². The van der Waals surface area contributed by atoms with Crippen LogP contribution >= 0.6 is 11.6 Å². The normalized spacial score (nSPS) is 10.4. The van der Waals surface area contributed by atoms with Crippen LogP contribution in [0.15, 0.2) is 48.5 Å². The molecule has 0 saturated heterocycles. The van der Waals surface area contributed by atoms with Crippen LogP contribution in [0.5, 0.6) is 0 Å². The summed E-state index contributed by atoms with van der Waals surface area (Å²) < 4.78 is 0. The van der Waals surface area contributed by atoms with E-state index in [9.17, 15) is 9.59 Å². The Balaban J connectivity index is 1.83. The molecule has 25 heavy (non-hydrogen) atoms. The molecular weight excluding hydrogens is 336 g/mol. The quantitative estimate of drug-likeness (QED) is 0.820. The number of carbonyl (C=O) groups is 2. The van der Waals surface area contributed by atoms with Gasteiger partial charge in [-0.2, -0.15) is 0 Å². The van der Waals surface area contributed by atoms with Crippen molar-refractivity contribution in [3.63, 3.8) is 0 Å². The second-order valence-corrected chi connectivity index (χ2v) is 6.45. The summed E-state index contributed by atoms with van der Waals surface area (Å²) in [5.41, 5.74) is 3.11. The molecule has 2 aromatic carbocycles. The van der Waals surface area contributed by atoms with E-state index in [4.69, 9.17) is 11.6 Å². The fourth-order valence-corrected chi connectivity index (χ4v) is 2.62. The fourth-order valence-electron chi connectivity index (χ4n) is 2.42. The number of nitrogens with one attached hydrogen (secondary N) is 1. The number of amides is 2. The number of hydrogen-bond acceptors (Lipinski definition) is 2. The van der Waals surface area contributed by atoms with Gasteiger partial charge in [-0.15, -0.1) is 0 Å². The largest absolute Gasteiger partial charge is 0.352 e. The highest BCUT2D eigenvalue weighted by molar-refractivity contribution is 6.31. The van der Waals surface area contributed by atoms with Crippen LogP contribution < -0.4 is 5.32 Å². The number of nitrogens with zero attached hydrogens (tertiary/aromatic N) is 1. The third-order valence-corrected chi connectivity index (χ3v) is 4.35. The standard InChI is InChI=1S/C20H23ClN2O2/c1-15-7-9-17(10-8-15)14-23(16(2)24)12-11-20(25)22-13-18-5-3-4-6-19(18)21/h3-10H,11-14H2,1-2H3,(H,22,25). The van der Waals surface area contributed by atoms with Crippen LogP contribution in [0.25, 0.3) is 0 Å². The summed E-state index contributed by atoms with van der Waals surface area (Å²) in [7, 11) is 0. The Morgan fingerprint density at radius 2 is 1.76 bits per heavy atom. The first-order valence-corrected chi connectivity index (χ1v) is 8.64.